The molecule has 2 N–H and O–H groups in total. The number of benzene rings is 1. The summed E-state index contributed by atoms with van der Waals surface area (Å²) in [7, 11) is 2.05. The first kappa shape index (κ1) is 9.13. The Labute approximate surface area is 85.0 Å². The van der Waals surface area contributed by atoms with E-state index in [0.717, 1.165) is 11.4 Å². The minimum Gasteiger partial charge on any atom is -0.399 e. The van der Waals surface area contributed by atoms with Crippen molar-refractivity contribution in [3.8, 4) is 0 Å². The van der Waals surface area contributed by atoms with E-state index in [1.165, 1.54) is 11.3 Å². The van der Waals surface area contributed by atoms with Crippen LogP contribution in [-0.2, 0) is 5.41 Å². The number of nitrogen functional groups attached to an aromatic ring is 1. The molecule has 1 aliphatic rings. The molecule has 2 rings (SSSR count). The molecule has 0 fully saturated rings. The molecule has 1 aromatic carbocycles. The van der Waals surface area contributed by atoms with Crippen molar-refractivity contribution in [1.82, 2.24) is 0 Å². The molecule has 0 unspecified atom stereocenters. The van der Waals surface area contributed by atoms with Crippen LogP contribution in [0.25, 0.3) is 0 Å². The average molecular weight is 188 g/mol. The minimum absolute atomic E-state index is 0.000532. The third-order valence-corrected chi connectivity index (χ3v) is 3.18. The van der Waals surface area contributed by atoms with Gasteiger partial charge in [0.05, 0.1) is 0 Å². The maximum absolute atomic E-state index is 5.79. The fourth-order valence-corrected chi connectivity index (χ4v) is 2.07. The summed E-state index contributed by atoms with van der Waals surface area (Å²) in [5.74, 6) is 0. The third-order valence-electron chi connectivity index (χ3n) is 3.18. The number of likely N-dealkylation sites (N-methyl/N-ethyl adjacent to an activating group) is 1. The molecular weight excluding hydrogens is 172 g/mol. The molecule has 14 heavy (non-hydrogen) atoms. The summed E-state index contributed by atoms with van der Waals surface area (Å²) in [5, 5.41) is 0. The van der Waals surface area contributed by atoms with Crippen LogP contribution in [0.5, 0.6) is 0 Å². The Morgan fingerprint density at radius 3 is 2.64 bits per heavy atom. The predicted octanol–water partition coefficient (Wildman–Crippen LogP) is 2.51. The molecule has 0 amide bonds. The molecule has 74 valence electrons. The van der Waals surface area contributed by atoms with Crippen LogP contribution < -0.4 is 10.6 Å². The van der Waals surface area contributed by atoms with Crippen LogP contribution in [0.3, 0.4) is 0 Å². The standard InChI is InChI=1S/C12H16N2/c1-8-12(2,3)10-7-9(13)5-6-11(10)14(8)4/h5-7H,1,13H2,2-4H3. The summed E-state index contributed by atoms with van der Waals surface area (Å²) in [4.78, 5) is 2.13. The van der Waals surface area contributed by atoms with E-state index in [4.69, 9.17) is 5.73 Å². The van der Waals surface area contributed by atoms with E-state index >= 15 is 0 Å². The number of hydrogen-bond acceptors (Lipinski definition) is 2. The van der Waals surface area contributed by atoms with E-state index in [9.17, 15) is 0 Å². The average Bonchev–Trinajstić information content (AvgIpc) is 2.29. The molecule has 0 aromatic heterocycles. The number of allylic oxidation sites excluding steroid dienone is 1. The first-order chi connectivity index (χ1) is 6.44. The molecule has 0 saturated carbocycles. The van der Waals surface area contributed by atoms with Crippen LogP contribution in [-0.4, -0.2) is 7.05 Å². The van der Waals surface area contributed by atoms with Gasteiger partial charge >= 0.3 is 0 Å². The van der Waals surface area contributed by atoms with Crippen LogP contribution in [0.2, 0.25) is 0 Å². The number of nitrogens with zero attached hydrogens (tertiary/aromatic N) is 1. The van der Waals surface area contributed by atoms with E-state index in [0.29, 0.717) is 0 Å². The van der Waals surface area contributed by atoms with Gasteiger partial charge in [-0.15, -0.1) is 0 Å². The first-order valence-electron chi connectivity index (χ1n) is 4.77. The Balaban J connectivity index is 2.69. The van der Waals surface area contributed by atoms with Gasteiger partial charge in [0.25, 0.3) is 0 Å². The first-order valence-corrected chi connectivity index (χ1v) is 4.77. The molecule has 0 spiro atoms. The summed E-state index contributed by atoms with van der Waals surface area (Å²) in [5.41, 5.74) is 10.2. The van der Waals surface area contributed by atoms with Crippen LogP contribution in [0, 0.1) is 0 Å². The summed E-state index contributed by atoms with van der Waals surface area (Å²) in [6.07, 6.45) is 0. The maximum Gasteiger partial charge on any atom is 0.0449 e. The van der Waals surface area contributed by atoms with Crippen LogP contribution >= 0.6 is 0 Å². The van der Waals surface area contributed by atoms with Crippen molar-refractivity contribution in [1.29, 1.82) is 0 Å². The van der Waals surface area contributed by atoms with E-state index in [1.54, 1.807) is 0 Å². The lowest BCUT2D eigenvalue weighted by atomic mass is 9.84. The molecule has 1 aromatic rings. The van der Waals surface area contributed by atoms with Gasteiger partial charge in [0.1, 0.15) is 0 Å². The normalized spacial score (nSPS) is 18.5. The molecule has 0 bridgehead atoms. The topological polar surface area (TPSA) is 29.3 Å². The number of fused-ring (bicyclic) bond motifs is 1. The lowest BCUT2D eigenvalue weighted by Gasteiger charge is -2.22. The summed E-state index contributed by atoms with van der Waals surface area (Å²) >= 11 is 0. The Morgan fingerprint density at radius 1 is 1.36 bits per heavy atom. The summed E-state index contributed by atoms with van der Waals surface area (Å²) in [6.45, 7) is 8.47. The predicted molar refractivity (Wildman–Crippen MR) is 61.4 cm³/mol. The van der Waals surface area contributed by atoms with Crippen molar-refractivity contribution in [3.63, 3.8) is 0 Å². The molecule has 0 radical (unpaired) electrons. The van der Waals surface area contributed by atoms with Gasteiger partial charge in [-0.25, -0.2) is 0 Å². The molecular formula is C12H16N2. The van der Waals surface area contributed by atoms with Crippen molar-refractivity contribution in [3.05, 3.63) is 36.0 Å². The van der Waals surface area contributed by atoms with Gasteiger partial charge in [-0.3, -0.25) is 0 Å². The highest BCUT2D eigenvalue weighted by atomic mass is 15.1. The van der Waals surface area contributed by atoms with Gasteiger partial charge in [-0.05, 0) is 23.8 Å². The van der Waals surface area contributed by atoms with Crippen LogP contribution in [0.15, 0.2) is 30.5 Å². The van der Waals surface area contributed by atoms with Gasteiger partial charge in [0.15, 0.2) is 0 Å². The largest absolute Gasteiger partial charge is 0.399 e. The lowest BCUT2D eigenvalue weighted by Crippen LogP contribution is -2.21. The quantitative estimate of drug-likeness (QED) is 0.634. The molecule has 0 saturated heterocycles. The highest BCUT2D eigenvalue weighted by molar-refractivity contribution is 5.72. The van der Waals surface area contributed by atoms with Gasteiger partial charge < -0.3 is 10.6 Å². The summed E-state index contributed by atoms with van der Waals surface area (Å²) in [6, 6.07) is 6.04. The Bertz CT molecular complexity index is 405. The SMILES string of the molecule is C=C1N(C)c2ccc(N)cc2C1(C)C. The molecule has 1 aliphatic heterocycles. The van der Waals surface area contributed by atoms with E-state index in [1.807, 2.05) is 19.2 Å². The molecule has 0 atom stereocenters. The Hall–Kier alpha value is -1.44. The number of rotatable bonds is 0. The molecule has 1 heterocycles. The second-order valence-electron chi connectivity index (χ2n) is 4.41. The third kappa shape index (κ3) is 0.969. The fraction of sp³-hybridized carbons (Fsp3) is 0.333. The summed E-state index contributed by atoms with van der Waals surface area (Å²) < 4.78 is 0. The van der Waals surface area contributed by atoms with Crippen molar-refractivity contribution >= 4 is 11.4 Å². The van der Waals surface area contributed by atoms with Crippen molar-refractivity contribution in [2.24, 2.45) is 0 Å². The van der Waals surface area contributed by atoms with Gasteiger partial charge in [0, 0.05) is 29.5 Å². The van der Waals surface area contributed by atoms with E-state index < -0.39 is 0 Å². The highest BCUT2D eigenvalue weighted by Crippen LogP contribution is 2.46. The lowest BCUT2D eigenvalue weighted by molar-refractivity contribution is 0.643. The zero-order valence-corrected chi connectivity index (χ0v) is 8.96. The number of hydrogen-bond donors (Lipinski definition) is 1. The molecule has 0 aliphatic carbocycles. The van der Waals surface area contributed by atoms with Crippen LogP contribution in [0.1, 0.15) is 19.4 Å². The Kier molecular flexibility index (Phi) is 1.65. The minimum atomic E-state index is -0.000532. The highest BCUT2D eigenvalue weighted by Gasteiger charge is 2.36. The van der Waals surface area contributed by atoms with Gasteiger partial charge in [0.2, 0.25) is 0 Å². The number of anilines is 2. The fourth-order valence-electron chi connectivity index (χ4n) is 2.07. The zero-order chi connectivity index (χ0) is 10.5. The van der Waals surface area contributed by atoms with Crippen molar-refractivity contribution < 1.29 is 0 Å². The van der Waals surface area contributed by atoms with Gasteiger partial charge in [-0.2, -0.15) is 0 Å². The van der Waals surface area contributed by atoms with Crippen molar-refractivity contribution in [2.75, 3.05) is 17.7 Å². The second-order valence-corrected chi connectivity index (χ2v) is 4.41. The number of nitrogens with two attached hydrogens (primary N) is 1. The maximum atomic E-state index is 5.79. The second kappa shape index (κ2) is 2.53. The monoisotopic (exact) mass is 188 g/mol. The molecule has 2 nitrogen and oxygen atoms in total. The smallest absolute Gasteiger partial charge is 0.0449 e. The zero-order valence-electron chi connectivity index (χ0n) is 8.96. The van der Waals surface area contributed by atoms with Gasteiger partial charge in [-0.1, -0.05) is 20.4 Å². The van der Waals surface area contributed by atoms with E-state index in [-0.39, 0.29) is 5.41 Å². The van der Waals surface area contributed by atoms with E-state index in [2.05, 4.69) is 31.4 Å². The molecule has 2 heteroatoms. The van der Waals surface area contributed by atoms with Crippen LogP contribution in [0.4, 0.5) is 11.4 Å². The Morgan fingerprint density at radius 2 is 2.00 bits per heavy atom. The van der Waals surface area contributed by atoms with Crippen molar-refractivity contribution in [2.45, 2.75) is 19.3 Å².